The third kappa shape index (κ3) is 3.04. The molecule has 19 heavy (non-hydrogen) atoms. The monoisotopic (exact) mass is 258 g/mol. The van der Waals surface area contributed by atoms with E-state index >= 15 is 0 Å². The molecule has 0 fully saturated rings. The number of ether oxygens (including phenoxy) is 2. The van der Waals surface area contributed by atoms with Crippen LogP contribution in [0, 0.1) is 6.92 Å². The molecular formula is C15H14O4. The molecule has 0 aromatic heterocycles. The van der Waals surface area contributed by atoms with Crippen LogP contribution in [0.5, 0.6) is 17.2 Å². The molecule has 4 nitrogen and oxygen atoms in total. The molecule has 2 aromatic carbocycles. The first-order valence-corrected chi connectivity index (χ1v) is 5.76. The van der Waals surface area contributed by atoms with E-state index in [0.717, 1.165) is 5.56 Å². The van der Waals surface area contributed by atoms with Gasteiger partial charge in [-0.3, -0.25) is 0 Å². The molecular weight excluding hydrogens is 244 g/mol. The van der Waals surface area contributed by atoms with Gasteiger partial charge in [0.1, 0.15) is 5.75 Å². The van der Waals surface area contributed by atoms with Crippen molar-refractivity contribution in [3.05, 3.63) is 53.6 Å². The van der Waals surface area contributed by atoms with E-state index in [-0.39, 0.29) is 11.5 Å². The number of carbonyl (C=O) groups excluding carboxylic acids is 1. The predicted octanol–water partition coefficient (Wildman–Crippen LogP) is 2.93. The highest BCUT2D eigenvalue weighted by molar-refractivity contribution is 5.91. The normalized spacial score (nSPS) is 10.0. The highest BCUT2D eigenvalue weighted by Gasteiger charge is 2.12. The van der Waals surface area contributed by atoms with E-state index in [1.54, 1.807) is 36.4 Å². The topological polar surface area (TPSA) is 55.8 Å². The first-order chi connectivity index (χ1) is 9.10. The Morgan fingerprint density at radius 1 is 1.16 bits per heavy atom. The molecule has 0 atom stereocenters. The summed E-state index contributed by atoms with van der Waals surface area (Å²) in [6.07, 6.45) is 0. The lowest BCUT2D eigenvalue weighted by Crippen LogP contribution is -2.08. The third-order valence-electron chi connectivity index (χ3n) is 2.62. The van der Waals surface area contributed by atoms with Gasteiger partial charge in [0.05, 0.1) is 12.7 Å². The lowest BCUT2D eigenvalue weighted by atomic mass is 10.2. The molecule has 0 saturated carbocycles. The summed E-state index contributed by atoms with van der Waals surface area (Å²) in [5, 5.41) is 9.69. The quantitative estimate of drug-likeness (QED) is 0.679. The summed E-state index contributed by atoms with van der Waals surface area (Å²) in [6.45, 7) is 1.84. The number of methoxy groups -OCH3 is 1. The minimum atomic E-state index is -0.543. The molecule has 0 spiro atoms. The fraction of sp³-hybridized carbons (Fsp3) is 0.133. The summed E-state index contributed by atoms with van der Waals surface area (Å²) in [4.78, 5) is 11.9. The molecule has 4 heteroatoms. The predicted molar refractivity (Wildman–Crippen MR) is 70.8 cm³/mol. The Labute approximate surface area is 111 Å². The van der Waals surface area contributed by atoms with Gasteiger partial charge in [-0.2, -0.15) is 0 Å². The summed E-state index contributed by atoms with van der Waals surface area (Å²) in [6, 6.07) is 11.5. The first-order valence-electron chi connectivity index (χ1n) is 5.76. The van der Waals surface area contributed by atoms with Crippen molar-refractivity contribution in [2.75, 3.05) is 7.11 Å². The number of hydrogen-bond acceptors (Lipinski definition) is 4. The molecule has 0 radical (unpaired) electrons. The molecule has 98 valence electrons. The summed E-state index contributed by atoms with van der Waals surface area (Å²) >= 11 is 0. The van der Waals surface area contributed by atoms with E-state index in [0.29, 0.717) is 11.3 Å². The van der Waals surface area contributed by atoms with Crippen LogP contribution in [0.1, 0.15) is 15.9 Å². The van der Waals surface area contributed by atoms with Crippen molar-refractivity contribution < 1.29 is 19.4 Å². The molecule has 0 amide bonds. The van der Waals surface area contributed by atoms with Crippen LogP contribution in [0.3, 0.4) is 0 Å². The molecule has 0 aliphatic rings. The zero-order chi connectivity index (χ0) is 13.8. The Morgan fingerprint density at radius 3 is 2.63 bits per heavy atom. The van der Waals surface area contributed by atoms with Crippen molar-refractivity contribution in [1.82, 2.24) is 0 Å². The van der Waals surface area contributed by atoms with E-state index in [1.807, 2.05) is 6.92 Å². The minimum absolute atomic E-state index is 0.0590. The average molecular weight is 258 g/mol. The lowest BCUT2D eigenvalue weighted by Gasteiger charge is -2.07. The SMILES string of the molecule is COc1cccc(C(=O)Oc2ccc(C)cc2O)c1. The molecule has 0 unspecified atom stereocenters. The van der Waals surface area contributed by atoms with Crippen molar-refractivity contribution in [3.8, 4) is 17.2 Å². The highest BCUT2D eigenvalue weighted by Crippen LogP contribution is 2.27. The van der Waals surface area contributed by atoms with Crippen molar-refractivity contribution in [2.45, 2.75) is 6.92 Å². The standard InChI is InChI=1S/C15H14O4/c1-10-6-7-14(13(16)8-10)19-15(17)11-4-3-5-12(9-11)18-2/h3-9,16H,1-2H3. The number of aromatic hydroxyl groups is 1. The Bertz CT molecular complexity index is 605. The van der Waals surface area contributed by atoms with E-state index in [2.05, 4.69) is 0 Å². The third-order valence-corrected chi connectivity index (χ3v) is 2.62. The van der Waals surface area contributed by atoms with Gasteiger partial charge < -0.3 is 14.6 Å². The second-order valence-electron chi connectivity index (χ2n) is 4.09. The fourth-order valence-corrected chi connectivity index (χ4v) is 1.62. The minimum Gasteiger partial charge on any atom is -0.504 e. The van der Waals surface area contributed by atoms with Gasteiger partial charge >= 0.3 is 5.97 Å². The second-order valence-corrected chi connectivity index (χ2v) is 4.09. The number of carbonyl (C=O) groups is 1. The van der Waals surface area contributed by atoms with Gasteiger partial charge in [0.2, 0.25) is 0 Å². The number of aryl methyl sites for hydroxylation is 1. The fourth-order valence-electron chi connectivity index (χ4n) is 1.62. The largest absolute Gasteiger partial charge is 0.504 e. The van der Waals surface area contributed by atoms with Crippen LogP contribution in [-0.4, -0.2) is 18.2 Å². The highest BCUT2D eigenvalue weighted by atomic mass is 16.5. The maximum absolute atomic E-state index is 11.9. The number of hydrogen-bond donors (Lipinski definition) is 1. The van der Waals surface area contributed by atoms with Crippen molar-refractivity contribution in [1.29, 1.82) is 0 Å². The molecule has 2 rings (SSSR count). The molecule has 1 N–H and O–H groups in total. The lowest BCUT2D eigenvalue weighted by molar-refractivity contribution is 0.0729. The van der Waals surface area contributed by atoms with Crippen molar-refractivity contribution in [2.24, 2.45) is 0 Å². The molecule has 0 saturated heterocycles. The molecule has 0 aliphatic heterocycles. The molecule has 0 bridgehead atoms. The summed E-state index contributed by atoms with van der Waals surface area (Å²) in [5.74, 6) is 0.107. The maximum atomic E-state index is 11.9. The van der Waals surface area contributed by atoms with Gasteiger partial charge in [-0.1, -0.05) is 12.1 Å². The number of esters is 1. The Hall–Kier alpha value is -2.49. The number of rotatable bonds is 3. The van der Waals surface area contributed by atoms with Crippen LogP contribution in [0.2, 0.25) is 0 Å². The van der Waals surface area contributed by atoms with Crippen LogP contribution >= 0.6 is 0 Å². The van der Waals surface area contributed by atoms with Crippen LogP contribution < -0.4 is 9.47 Å². The Balaban J connectivity index is 2.20. The molecule has 0 aliphatic carbocycles. The maximum Gasteiger partial charge on any atom is 0.343 e. The number of phenolic OH excluding ortho intramolecular Hbond substituents is 1. The number of phenols is 1. The van der Waals surface area contributed by atoms with E-state index in [1.165, 1.54) is 13.2 Å². The van der Waals surface area contributed by atoms with E-state index < -0.39 is 5.97 Å². The van der Waals surface area contributed by atoms with Gasteiger partial charge in [-0.05, 0) is 42.8 Å². The van der Waals surface area contributed by atoms with Gasteiger partial charge in [0.25, 0.3) is 0 Å². The summed E-state index contributed by atoms with van der Waals surface area (Å²) in [5.41, 5.74) is 1.25. The van der Waals surface area contributed by atoms with Crippen LogP contribution in [0.25, 0.3) is 0 Å². The van der Waals surface area contributed by atoms with Gasteiger partial charge in [-0.15, -0.1) is 0 Å². The molecule has 2 aromatic rings. The zero-order valence-corrected chi connectivity index (χ0v) is 10.7. The number of benzene rings is 2. The summed E-state index contributed by atoms with van der Waals surface area (Å²) < 4.78 is 10.2. The van der Waals surface area contributed by atoms with Crippen LogP contribution in [-0.2, 0) is 0 Å². The average Bonchev–Trinajstić information content (AvgIpc) is 2.42. The Morgan fingerprint density at radius 2 is 1.95 bits per heavy atom. The molecule has 0 heterocycles. The Kier molecular flexibility index (Phi) is 3.71. The first kappa shape index (κ1) is 13.0. The van der Waals surface area contributed by atoms with Gasteiger partial charge in [0, 0.05) is 0 Å². The van der Waals surface area contributed by atoms with Crippen molar-refractivity contribution in [3.63, 3.8) is 0 Å². The second kappa shape index (κ2) is 5.44. The van der Waals surface area contributed by atoms with Crippen LogP contribution in [0.4, 0.5) is 0 Å². The van der Waals surface area contributed by atoms with Crippen molar-refractivity contribution >= 4 is 5.97 Å². The zero-order valence-electron chi connectivity index (χ0n) is 10.7. The van der Waals surface area contributed by atoms with E-state index in [9.17, 15) is 9.90 Å². The summed E-state index contributed by atoms with van der Waals surface area (Å²) in [7, 11) is 1.52. The van der Waals surface area contributed by atoms with Gasteiger partial charge in [0.15, 0.2) is 11.5 Å². The van der Waals surface area contributed by atoms with E-state index in [4.69, 9.17) is 9.47 Å². The smallest absolute Gasteiger partial charge is 0.343 e. The van der Waals surface area contributed by atoms with Gasteiger partial charge in [-0.25, -0.2) is 4.79 Å². The van der Waals surface area contributed by atoms with Crippen LogP contribution in [0.15, 0.2) is 42.5 Å².